The summed E-state index contributed by atoms with van der Waals surface area (Å²) in [7, 11) is 0.525. The monoisotopic (exact) mass is 346 g/mol. The number of hydrogen-bond donors (Lipinski definition) is 2. The zero-order chi connectivity index (χ0) is 17.2. The predicted molar refractivity (Wildman–Crippen MR) is 96.5 cm³/mol. The van der Waals surface area contributed by atoms with Gasteiger partial charge in [0, 0.05) is 30.8 Å². The third kappa shape index (κ3) is 6.14. The highest BCUT2D eigenvalue weighted by molar-refractivity contribution is 7.84. The molecule has 0 unspecified atom stereocenters. The minimum Gasteiger partial charge on any atom is -0.385 e. The lowest BCUT2D eigenvalue weighted by Crippen LogP contribution is -2.30. The molecule has 2 aromatic rings. The maximum absolute atomic E-state index is 12.4. The molecule has 0 heterocycles. The van der Waals surface area contributed by atoms with Crippen LogP contribution in [0.1, 0.15) is 12.0 Å². The van der Waals surface area contributed by atoms with Crippen molar-refractivity contribution in [3.8, 4) is 0 Å². The van der Waals surface area contributed by atoms with E-state index in [4.69, 9.17) is 4.74 Å². The van der Waals surface area contributed by atoms with E-state index in [1.807, 2.05) is 54.6 Å². The second-order valence-corrected chi connectivity index (χ2v) is 6.68. The van der Waals surface area contributed by atoms with E-state index in [1.165, 1.54) is 0 Å². The number of carbonyl (C=O) groups excluding carboxylic acids is 1. The van der Waals surface area contributed by atoms with E-state index in [0.29, 0.717) is 24.6 Å². The Morgan fingerprint density at radius 1 is 1.12 bits per heavy atom. The summed E-state index contributed by atoms with van der Waals surface area (Å²) in [5.41, 5.74) is 1.59. The van der Waals surface area contributed by atoms with Crippen LogP contribution in [0, 0.1) is 0 Å². The molecule has 2 rings (SSSR count). The van der Waals surface area contributed by atoms with Crippen molar-refractivity contribution in [1.82, 2.24) is 5.32 Å². The first-order valence-corrected chi connectivity index (χ1v) is 9.07. The minimum atomic E-state index is -1.10. The largest absolute Gasteiger partial charge is 0.385 e. The number of hydrogen-bond acceptors (Lipinski definition) is 3. The molecule has 1 atom stereocenters. The second-order valence-electron chi connectivity index (χ2n) is 5.23. The molecule has 0 bridgehead atoms. The molecule has 0 aliphatic rings. The summed E-state index contributed by atoms with van der Waals surface area (Å²) in [5.74, 6) is 0.412. The Labute approximate surface area is 144 Å². The maximum Gasteiger partial charge on any atom is 0.319 e. The second kappa shape index (κ2) is 9.85. The summed E-state index contributed by atoms with van der Waals surface area (Å²) in [6, 6.07) is 16.5. The predicted octanol–water partition coefficient (Wildman–Crippen LogP) is 3.15. The van der Waals surface area contributed by atoms with Crippen molar-refractivity contribution in [2.75, 3.05) is 25.6 Å². The molecule has 0 aliphatic heterocycles. The fourth-order valence-electron chi connectivity index (χ4n) is 2.14. The summed E-state index contributed by atoms with van der Waals surface area (Å²) >= 11 is 0. The van der Waals surface area contributed by atoms with Gasteiger partial charge < -0.3 is 15.4 Å². The Morgan fingerprint density at radius 3 is 2.67 bits per heavy atom. The molecule has 128 valence electrons. The van der Waals surface area contributed by atoms with E-state index in [2.05, 4.69) is 10.6 Å². The van der Waals surface area contributed by atoms with E-state index < -0.39 is 10.8 Å². The molecular weight excluding hydrogens is 324 g/mol. The van der Waals surface area contributed by atoms with Crippen LogP contribution in [0.2, 0.25) is 0 Å². The molecule has 24 heavy (non-hydrogen) atoms. The van der Waals surface area contributed by atoms with Crippen LogP contribution in [-0.4, -0.2) is 30.5 Å². The summed E-state index contributed by atoms with van der Waals surface area (Å²) in [4.78, 5) is 12.6. The normalized spacial score (nSPS) is 11.7. The van der Waals surface area contributed by atoms with Crippen molar-refractivity contribution in [2.45, 2.75) is 17.1 Å². The first-order chi connectivity index (χ1) is 11.7. The summed E-state index contributed by atoms with van der Waals surface area (Å²) in [6.45, 7) is 1.17. The Kier molecular flexibility index (Phi) is 7.45. The van der Waals surface area contributed by atoms with Crippen molar-refractivity contribution < 1.29 is 13.7 Å². The van der Waals surface area contributed by atoms with Crippen LogP contribution in [0.15, 0.2) is 59.5 Å². The van der Waals surface area contributed by atoms with Gasteiger partial charge in [-0.2, -0.15) is 0 Å². The van der Waals surface area contributed by atoms with E-state index in [1.54, 1.807) is 7.11 Å². The number of methoxy groups -OCH3 is 1. The lowest BCUT2D eigenvalue weighted by Gasteiger charge is -2.09. The molecule has 2 aromatic carbocycles. The zero-order valence-corrected chi connectivity index (χ0v) is 14.5. The van der Waals surface area contributed by atoms with Crippen LogP contribution in [0.25, 0.3) is 0 Å². The third-order valence-corrected chi connectivity index (χ3v) is 4.69. The lowest BCUT2D eigenvalue weighted by atomic mass is 10.2. The van der Waals surface area contributed by atoms with Crippen molar-refractivity contribution in [1.29, 1.82) is 0 Å². The highest BCUT2D eigenvalue weighted by atomic mass is 32.2. The number of benzene rings is 2. The zero-order valence-electron chi connectivity index (χ0n) is 13.7. The van der Waals surface area contributed by atoms with E-state index >= 15 is 0 Å². The third-order valence-electron chi connectivity index (χ3n) is 3.30. The van der Waals surface area contributed by atoms with E-state index in [-0.39, 0.29) is 6.03 Å². The first-order valence-electron chi connectivity index (χ1n) is 7.75. The van der Waals surface area contributed by atoms with Crippen molar-refractivity contribution >= 4 is 22.5 Å². The number of rotatable bonds is 8. The quantitative estimate of drug-likeness (QED) is 0.722. The van der Waals surface area contributed by atoms with Gasteiger partial charge in [0.2, 0.25) is 0 Å². The number of amides is 2. The van der Waals surface area contributed by atoms with Crippen LogP contribution in [-0.2, 0) is 21.3 Å². The van der Waals surface area contributed by atoms with Crippen molar-refractivity contribution in [2.24, 2.45) is 0 Å². The molecule has 5 nitrogen and oxygen atoms in total. The highest BCUT2D eigenvalue weighted by Crippen LogP contribution is 2.16. The van der Waals surface area contributed by atoms with Crippen LogP contribution in [0.5, 0.6) is 0 Å². The summed E-state index contributed by atoms with van der Waals surface area (Å²) < 4.78 is 17.3. The van der Waals surface area contributed by atoms with Crippen LogP contribution in [0.4, 0.5) is 10.5 Å². The Morgan fingerprint density at radius 2 is 1.92 bits per heavy atom. The van der Waals surface area contributed by atoms with Gasteiger partial charge >= 0.3 is 6.03 Å². The van der Waals surface area contributed by atoms with Gasteiger partial charge in [0.1, 0.15) is 0 Å². The molecule has 6 heteroatoms. The average Bonchev–Trinajstić information content (AvgIpc) is 2.60. The standard InChI is InChI=1S/C18H22N2O3S/c1-23-12-6-11-19-18(21)20-16-8-5-7-15(13-16)14-24(22)17-9-3-2-4-10-17/h2-5,7-10,13H,6,11-12,14H2,1H3,(H2,19,20,21)/t24-/m1/s1. The Hall–Kier alpha value is -2.18. The topological polar surface area (TPSA) is 67.4 Å². The Balaban J connectivity index is 1.89. The van der Waals surface area contributed by atoms with Gasteiger partial charge in [-0.15, -0.1) is 0 Å². The van der Waals surface area contributed by atoms with E-state index in [9.17, 15) is 9.00 Å². The van der Waals surface area contributed by atoms with Crippen LogP contribution >= 0.6 is 0 Å². The highest BCUT2D eigenvalue weighted by Gasteiger charge is 2.06. The molecular formula is C18H22N2O3S. The molecule has 2 N–H and O–H groups in total. The molecule has 0 aliphatic carbocycles. The van der Waals surface area contributed by atoms with Gasteiger partial charge in [0.15, 0.2) is 0 Å². The SMILES string of the molecule is COCCCNC(=O)Nc1cccc(C[S@@](=O)c2ccccc2)c1. The molecule has 0 spiro atoms. The number of ether oxygens (including phenoxy) is 1. The molecule has 0 aromatic heterocycles. The molecule has 0 radical (unpaired) electrons. The van der Waals surface area contributed by atoms with Gasteiger partial charge in [0.25, 0.3) is 0 Å². The van der Waals surface area contributed by atoms with Gasteiger partial charge in [-0.05, 0) is 36.2 Å². The Bertz CT molecular complexity index is 677. The number of anilines is 1. The molecule has 0 saturated carbocycles. The molecule has 2 amide bonds. The van der Waals surface area contributed by atoms with Gasteiger partial charge in [-0.3, -0.25) is 4.21 Å². The van der Waals surface area contributed by atoms with E-state index in [0.717, 1.165) is 16.9 Å². The molecule has 0 fully saturated rings. The number of urea groups is 1. The fourth-order valence-corrected chi connectivity index (χ4v) is 3.25. The van der Waals surface area contributed by atoms with Gasteiger partial charge in [-0.1, -0.05) is 30.3 Å². The smallest absolute Gasteiger partial charge is 0.319 e. The van der Waals surface area contributed by atoms with Crippen LogP contribution < -0.4 is 10.6 Å². The average molecular weight is 346 g/mol. The number of carbonyl (C=O) groups is 1. The summed E-state index contributed by atoms with van der Waals surface area (Å²) in [6.07, 6.45) is 0.764. The van der Waals surface area contributed by atoms with Crippen molar-refractivity contribution in [3.05, 3.63) is 60.2 Å². The maximum atomic E-state index is 12.4. The van der Waals surface area contributed by atoms with Gasteiger partial charge in [0.05, 0.1) is 16.6 Å². The van der Waals surface area contributed by atoms with Crippen molar-refractivity contribution in [3.63, 3.8) is 0 Å². The first kappa shape index (κ1) is 18.2. The molecule has 0 saturated heterocycles. The number of nitrogens with one attached hydrogen (secondary N) is 2. The minimum absolute atomic E-state index is 0.257. The summed E-state index contributed by atoms with van der Waals surface area (Å²) in [5, 5.41) is 5.54. The fraction of sp³-hybridized carbons (Fsp3) is 0.278. The van der Waals surface area contributed by atoms with Crippen LogP contribution in [0.3, 0.4) is 0 Å². The van der Waals surface area contributed by atoms with Gasteiger partial charge in [-0.25, -0.2) is 4.79 Å². The lowest BCUT2D eigenvalue weighted by molar-refractivity contribution is 0.194.